The number of benzene rings is 1. The van der Waals surface area contributed by atoms with E-state index in [1.54, 1.807) is 25.1 Å². The number of carbonyl (C=O) groups is 2. The minimum Gasteiger partial charge on any atom is -0.490 e. The van der Waals surface area contributed by atoms with Crippen molar-refractivity contribution in [3.63, 3.8) is 0 Å². The average Bonchev–Trinajstić information content (AvgIpc) is 2.84. The zero-order valence-corrected chi connectivity index (χ0v) is 15.6. The van der Waals surface area contributed by atoms with Gasteiger partial charge in [0.15, 0.2) is 29.7 Å². The van der Waals surface area contributed by atoms with Crippen molar-refractivity contribution in [2.75, 3.05) is 20.3 Å². The van der Waals surface area contributed by atoms with Gasteiger partial charge in [0.2, 0.25) is 0 Å². The maximum Gasteiger partial charge on any atom is 0.363 e. The third kappa shape index (κ3) is 4.47. The topological polar surface area (TPSA) is 83.4 Å². The predicted octanol–water partition coefficient (Wildman–Crippen LogP) is 2.56. The lowest BCUT2D eigenvalue weighted by Crippen LogP contribution is -2.14. The lowest BCUT2D eigenvalue weighted by atomic mass is 10.1. The minimum atomic E-state index is -0.494. The van der Waals surface area contributed by atoms with Crippen molar-refractivity contribution in [3.8, 4) is 11.5 Å². The quantitative estimate of drug-likeness (QED) is 0.380. The smallest absolute Gasteiger partial charge is 0.363 e. The van der Waals surface area contributed by atoms with Crippen LogP contribution in [0.2, 0.25) is 0 Å². The van der Waals surface area contributed by atoms with Crippen LogP contribution in [-0.4, -0.2) is 38.2 Å². The van der Waals surface area contributed by atoms with Crippen LogP contribution in [0.3, 0.4) is 0 Å². The van der Waals surface area contributed by atoms with Gasteiger partial charge in [0.05, 0.1) is 17.3 Å². The summed E-state index contributed by atoms with van der Waals surface area (Å²) in [7, 11) is 1.29. The van der Waals surface area contributed by atoms with Crippen LogP contribution < -0.4 is 9.47 Å². The lowest BCUT2D eigenvalue weighted by molar-refractivity contribution is -0.143. The van der Waals surface area contributed by atoms with E-state index in [0.717, 1.165) is 3.57 Å². The first-order valence-electron chi connectivity index (χ1n) is 7.09. The molecule has 0 aromatic heterocycles. The summed E-state index contributed by atoms with van der Waals surface area (Å²) < 4.78 is 21.2. The number of esters is 2. The molecule has 1 aliphatic heterocycles. The van der Waals surface area contributed by atoms with Gasteiger partial charge in [-0.15, -0.1) is 0 Å². The molecule has 0 saturated carbocycles. The Hall–Kier alpha value is -2.10. The van der Waals surface area contributed by atoms with Gasteiger partial charge in [-0.2, -0.15) is 0 Å². The van der Waals surface area contributed by atoms with Gasteiger partial charge < -0.3 is 18.9 Å². The summed E-state index contributed by atoms with van der Waals surface area (Å²) in [6.07, 6.45) is 1.60. The van der Waals surface area contributed by atoms with Crippen molar-refractivity contribution in [2.24, 2.45) is 4.99 Å². The van der Waals surface area contributed by atoms with Gasteiger partial charge in [0.1, 0.15) is 0 Å². The number of hydrogen-bond donors (Lipinski definition) is 0. The van der Waals surface area contributed by atoms with Crippen molar-refractivity contribution < 1.29 is 28.5 Å². The van der Waals surface area contributed by atoms with Crippen LogP contribution >= 0.6 is 22.6 Å². The Kier molecular flexibility index (Phi) is 6.18. The molecule has 2 rings (SSSR count). The minimum absolute atomic E-state index is 0.217. The highest BCUT2D eigenvalue weighted by atomic mass is 127. The van der Waals surface area contributed by atoms with Gasteiger partial charge in [-0.25, -0.2) is 14.6 Å². The van der Waals surface area contributed by atoms with Crippen LogP contribution in [-0.2, 0) is 19.1 Å². The Balaban J connectivity index is 2.34. The van der Waals surface area contributed by atoms with Gasteiger partial charge in [-0.3, -0.25) is 0 Å². The zero-order valence-electron chi connectivity index (χ0n) is 13.4. The van der Waals surface area contributed by atoms with Gasteiger partial charge in [-0.1, -0.05) is 0 Å². The van der Waals surface area contributed by atoms with Crippen LogP contribution in [0.4, 0.5) is 0 Å². The van der Waals surface area contributed by atoms with Crippen LogP contribution in [0, 0.1) is 3.57 Å². The summed E-state index contributed by atoms with van der Waals surface area (Å²) in [6, 6.07) is 3.50. The normalized spacial score (nSPS) is 15.1. The van der Waals surface area contributed by atoms with Crippen molar-refractivity contribution in [2.45, 2.75) is 13.8 Å². The number of carbonyl (C=O) groups excluding carboxylic acids is 2. The summed E-state index contributed by atoms with van der Waals surface area (Å²) in [5.41, 5.74) is 0.924. The van der Waals surface area contributed by atoms with E-state index in [1.165, 1.54) is 7.11 Å². The monoisotopic (exact) mass is 445 g/mol. The maximum atomic E-state index is 11.6. The fourth-order valence-electron chi connectivity index (χ4n) is 1.94. The molecule has 128 valence electrons. The van der Waals surface area contributed by atoms with Gasteiger partial charge in [-0.05, 0) is 53.3 Å². The largest absolute Gasteiger partial charge is 0.490 e. The van der Waals surface area contributed by atoms with Crippen LogP contribution in [0.15, 0.2) is 22.8 Å². The number of methoxy groups -OCH3 is 1. The number of hydrogen-bond acceptors (Lipinski definition) is 7. The van der Waals surface area contributed by atoms with Gasteiger partial charge >= 0.3 is 11.9 Å². The second-order valence-electron chi connectivity index (χ2n) is 4.68. The highest BCUT2D eigenvalue weighted by Crippen LogP contribution is 2.35. The molecule has 0 atom stereocenters. The molecule has 1 aliphatic rings. The molecule has 8 heteroatoms. The molecular weight excluding hydrogens is 429 g/mol. The molecule has 0 bridgehead atoms. The van der Waals surface area contributed by atoms with Crippen molar-refractivity contribution in [1.82, 2.24) is 0 Å². The second-order valence-corrected chi connectivity index (χ2v) is 5.84. The summed E-state index contributed by atoms with van der Waals surface area (Å²) in [6.45, 7) is 3.65. The molecule has 0 aliphatic carbocycles. The molecule has 0 radical (unpaired) electrons. The first-order chi connectivity index (χ1) is 11.4. The molecule has 1 aromatic rings. The maximum absolute atomic E-state index is 11.6. The Morgan fingerprint density at radius 2 is 2.12 bits per heavy atom. The SMILES string of the molecule is CCOc1cc(/C=C2/N=C(C)OC2=O)cc(I)c1OCC(=O)OC. The van der Waals surface area contributed by atoms with Crippen molar-refractivity contribution in [1.29, 1.82) is 0 Å². The molecule has 0 unspecified atom stereocenters. The fraction of sp³-hybridized carbons (Fsp3) is 0.312. The molecule has 1 aromatic carbocycles. The fourth-order valence-corrected chi connectivity index (χ4v) is 2.72. The van der Waals surface area contributed by atoms with Crippen LogP contribution in [0.5, 0.6) is 11.5 Å². The number of rotatable bonds is 6. The molecule has 1 heterocycles. The van der Waals surface area contributed by atoms with Gasteiger partial charge in [0.25, 0.3) is 0 Å². The van der Waals surface area contributed by atoms with E-state index in [-0.39, 0.29) is 12.3 Å². The van der Waals surface area contributed by atoms with E-state index in [0.29, 0.717) is 29.6 Å². The van der Waals surface area contributed by atoms with E-state index < -0.39 is 11.9 Å². The number of nitrogens with zero attached hydrogens (tertiary/aromatic N) is 1. The first kappa shape index (κ1) is 18.2. The molecule has 0 saturated heterocycles. The Morgan fingerprint density at radius 1 is 1.38 bits per heavy atom. The molecule has 24 heavy (non-hydrogen) atoms. The molecule has 0 N–H and O–H groups in total. The molecule has 0 spiro atoms. The molecular formula is C16H16INO6. The van der Waals surface area contributed by atoms with Crippen molar-refractivity contribution in [3.05, 3.63) is 27.0 Å². The zero-order chi connectivity index (χ0) is 17.7. The molecule has 7 nitrogen and oxygen atoms in total. The number of ether oxygens (including phenoxy) is 4. The first-order valence-corrected chi connectivity index (χ1v) is 8.17. The number of halogens is 1. The summed E-state index contributed by atoms with van der Waals surface area (Å²) >= 11 is 2.07. The molecule has 0 amide bonds. The van der Waals surface area contributed by atoms with E-state index in [2.05, 4.69) is 32.3 Å². The van der Waals surface area contributed by atoms with Gasteiger partial charge in [0, 0.05) is 6.92 Å². The van der Waals surface area contributed by atoms with E-state index in [9.17, 15) is 9.59 Å². The predicted molar refractivity (Wildman–Crippen MR) is 95.0 cm³/mol. The standard InChI is InChI=1S/C16H16INO6/c1-4-22-13-7-10(6-12-16(20)24-9(2)18-12)5-11(17)15(13)23-8-14(19)21-3/h5-7H,4,8H2,1-3H3/b12-6+. The van der Waals surface area contributed by atoms with E-state index in [4.69, 9.17) is 14.2 Å². The van der Waals surface area contributed by atoms with Crippen LogP contribution in [0.1, 0.15) is 19.4 Å². The third-order valence-corrected chi connectivity index (χ3v) is 3.73. The molecule has 0 fully saturated rings. The van der Waals surface area contributed by atoms with Crippen molar-refractivity contribution >= 4 is 46.5 Å². The summed E-state index contributed by atoms with van der Waals surface area (Å²) in [5, 5.41) is 0. The average molecular weight is 445 g/mol. The Morgan fingerprint density at radius 3 is 2.71 bits per heavy atom. The highest BCUT2D eigenvalue weighted by molar-refractivity contribution is 14.1. The van der Waals surface area contributed by atoms with E-state index >= 15 is 0 Å². The second kappa shape index (κ2) is 8.13. The highest BCUT2D eigenvalue weighted by Gasteiger charge is 2.20. The number of aliphatic imine (C=N–C) groups is 1. The Labute approximate surface area is 152 Å². The van der Waals surface area contributed by atoms with Crippen LogP contribution in [0.25, 0.3) is 6.08 Å². The van der Waals surface area contributed by atoms with E-state index in [1.807, 2.05) is 6.92 Å². The Bertz CT molecular complexity index is 726. The lowest BCUT2D eigenvalue weighted by Gasteiger charge is -2.14. The number of cyclic esters (lactones) is 1. The summed E-state index contributed by atoms with van der Waals surface area (Å²) in [5.74, 6) is 0.236. The summed E-state index contributed by atoms with van der Waals surface area (Å²) in [4.78, 5) is 26.9. The third-order valence-electron chi connectivity index (χ3n) is 2.92.